The molecule has 0 aliphatic carbocycles. The molecule has 0 radical (unpaired) electrons. The summed E-state index contributed by atoms with van der Waals surface area (Å²) in [5.74, 6) is 0. The summed E-state index contributed by atoms with van der Waals surface area (Å²) in [6.07, 6.45) is 0. The van der Waals surface area contributed by atoms with Gasteiger partial charge in [-0.2, -0.15) is 0 Å². The molecule has 0 fully saturated rings. The zero-order valence-corrected chi connectivity index (χ0v) is 7.67. The molecule has 62 valence electrons. The van der Waals surface area contributed by atoms with Crippen LogP contribution in [-0.4, -0.2) is 0 Å². The Morgan fingerprint density at radius 1 is 1.18 bits per heavy atom. The molecule has 0 saturated carbocycles. The molecule has 1 rings (SSSR count). The van der Waals surface area contributed by atoms with E-state index in [0.717, 1.165) is 5.69 Å². The van der Waals surface area contributed by atoms with Crippen molar-refractivity contribution < 1.29 is 0 Å². The molecule has 2 nitrogen and oxygen atoms in total. The molecular formula is C7H10Cl2N2. The highest BCUT2D eigenvalue weighted by Gasteiger charge is 1.86. The van der Waals surface area contributed by atoms with Crippen molar-refractivity contribution in [3.05, 3.63) is 29.8 Å². The van der Waals surface area contributed by atoms with E-state index in [1.807, 2.05) is 31.2 Å². The van der Waals surface area contributed by atoms with Gasteiger partial charge in [-0.1, -0.05) is 17.7 Å². The van der Waals surface area contributed by atoms with Gasteiger partial charge in [-0.25, -0.2) is 0 Å². The van der Waals surface area contributed by atoms with E-state index in [-0.39, 0.29) is 12.4 Å². The molecular weight excluding hydrogens is 183 g/mol. The first-order chi connectivity index (χ1) is 4.83. The van der Waals surface area contributed by atoms with Crippen LogP contribution < -0.4 is 10.4 Å². The Morgan fingerprint density at radius 3 is 2.18 bits per heavy atom. The highest BCUT2D eigenvalue weighted by molar-refractivity contribution is 6.13. The van der Waals surface area contributed by atoms with Gasteiger partial charge in [0.2, 0.25) is 0 Å². The lowest BCUT2D eigenvalue weighted by atomic mass is 10.2. The van der Waals surface area contributed by atoms with Gasteiger partial charge in [-0.3, -0.25) is 0 Å². The SMILES string of the molecule is Cc1ccc(NNCl)cc1.Cl. The van der Waals surface area contributed by atoms with E-state index in [1.165, 1.54) is 5.56 Å². The van der Waals surface area contributed by atoms with Gasteiger partial charge in [0.15, 0.2) is 0 Å². The molecule has 0 saturated heterocycles. The van der Waals surface area contributed by atoms with Crippen LogP contribution in [0.1, 0.15) is 5.56 Å². The maximum Gasteiger partial charge on any atom is 0.0500 e. The quantitative estimate of drug-likeness (QED) is 0.556. The van der Waals surface area contributed by atoms with Gasteiger partial charge < -0.3 is 5.43 Å². The number of halogens is 2. The first kappa shape index (κ1) is 10.6. The van der Waals surface area contributed by atoms with E-state index >= 15 is 0 Å². The highest BCUT2D eigenvalue weighted by atomic mass is 35.5. The van der Waals surface area contributed by atoms with Gasteiger partial charge in [-0.05, 0) is 30.8 Å². The second-order valence-corrected chi connectivity index (χ2v) is 2.27. The first-order valence-corrected chi connectivity index (χ1v) is 3.39. The fourth-order valence-electron chi connectivity index (χ4n) is 0.691. The number of hydrogen-bond donors (Lipinski definition) is 2. The Bertz CT molecular complexity index is 198. The Morgan fingerprint density at radius 2 is 1.73 bits per heavy atom. The predicted molar refractivity (Wildman–Crippen MR) is 51.0 cm³/mol. The van der Waals surface area contributed by atoms with E-state index in [9.17, 15) is 0 Å². The lowest BCUT2D eigenvalue weighted by Gasteiger charge is -2.00. The fraction of sp³-hybridized carbons (Fsp3) is 0.143. The molecule has 1 aromatic rings. The summed E-state index contributed by atoms with van der Waals surface area (Å²) in [5.41, 5.74) is 4.95. The number of hydrazine groups is 1. The zero-order valence-electron chi connectivity index (χ0n) is 6.10. The summed E-state index contributed by atoms with van der Waals surface area (Å²) < 4.78 is 0. The van der Waals surface area contributed by atoms with Crippen LogP contribution in [0.4, 0.5) is 5.69 Å². The molecule has 0 atom stereocenters. The number of rotatable bonds is 2. The van der Waals surface area contributed by atoms with Gasteiger partial charge in [-0.15, -0.1) is 17.4 Å². The molecule has 0 bridgehead atoms. The number of benzene rings is 1. The van der Waals surface area contributed by atoms with Gasteiger partial charge in [0.1, 0.15) is 0 Å². The maximum absolute atomic E-state index is 5.21. The summed E-state index contributed by atoms with van der Waals surface area (Å²) in [6, 6.07) is 7.92. The lowest BCUT2D eigenvalue weighted by molar-refractivity contribution is 1.20. The molecule has 4 heteroatoms. The molecule has 0 heterocycles. The van der Waals surface area contributed by atoms with Crippen LogP contribution in [-0.2, 0) is 0 Å². The largest absolute Gasteiger partial charge is 0.308 e. The minimum absolute atomic E-state index is 0. The first-order valence-electron chi connectivity index (χ1n) is 3.01. The summed E-state index contributed by atoms with van der Waals surface area (Å²) in [6.45, 7) is 2.04. The van der Waals surface area contributed by atoms with Crippen molar-refractivity contribution in [1.82, 2.24) is 4.94 Å². The molecule has 0 aliphatic heterocycles. The fourth-order valence-corrected chi connectivity index (χ4v) is 0.801. The van der Waals surface area contributed by atoms with Crippen molar-refractivity contribution in [2.45, 2.75) is 6.92 Å². The average Bonchev–Trinajstić information content (AvgIpc) is 1.95. The summed E-state index contributed by atoms with van der Waals surface area (Å²) in [4.78, 5) is 2.33. The monoisotopic (exact) mass is 192 g/mol. The van der Waals surface area contributed by atoms with Crippen molar-refractivity contribution in [2.75, 3.05) is 5.43 Å². The van der Waals surface area contributed by atoms with Crippen molar-refractivity contribution in [2.24, 2.45) is 0 Å². The minimum Gasteiger partial charge on any atom is -0.308 e. The summed E-state index contributed by atoms with van der Waals surface area (Å²) in [5, 5.41) is 0. The van der Waals surface area contributed by atoms with E-state index in [2.05, 4.69) is 10.4 Å². The van der Waals surface area contributed by atoms with Crippen LogP contribution in [0.5, 0.6) is 0 Å². The number of hydrogen-bond acceptors (Lipinski definition) is 2. The third-order valence-corrected chi connectivity index (χ3v) is 1.34. The van der Waals surface area contributed by atoms with Gasteiger partial charge >= 0.3 is 0 Å². The normalized spacial score (nSPS) is 8.55. The van der Waals surface area contributed by atoms with E-state index in [1.54, 1.807) is 0 Å². The standard InChI is InChI=1S/C7H9ClN2.ClH/c1-6-2-4-7(5-3-6)9-10-8;/h2-5,9-10H,1H3;1H. The Hall–Kier alpha value is -0.440. The maximum atomic E-state index is 5.21. The minimum atomic E-state index is 0. The molecule has 0 aliphatic rings. The molecule has 0 amide bonds. The van der Waals surface area contributed by atoms with Crippen LogP contribution >= 0.6 is 24.2 Å². The van der Waals surface area contributed by atoms with E-state index < -0.39 is 0 Å². The second-order valence-electron chi connectivity index (χ2n) is 2.09. The second kappa shape index (κ2) is 5.24. The Labute approximate surface area is 77.4 Å². The van der Waals surface area contributed by atoms with Crippen LogP contribution in [0.3, 0.4) is 0 Å². The zero-order chi connectivity index (χ0) is 7.40. The molecule has 0 spiro atoms. The Kier molecular flexibility index (Phi) is 5.03. The van der Waals surface area contributed by atoms with Crippen molar-refractivity contribution in [3.8, 4) is 0 Å². The van der Waals surface area contributed by atoms with Crippen LogP contribution in [0, 0.1) is 6.92 Å². The topological polar surface area (TPSA) is 24.1 Å². The molecule has 2 N–H and O–H groups in total. The number of anilines is 1. The highest BCUT2D eigenvalue weighted by Crippen LogP contribution is 2.06. The molecule has 1 aromatic carbocycles. The van der Waals surface area contributed by atoms with Gasteiger partial charge in [0.05, 0.1) is 0 Å². The van der Waals surface area contributed by atoms with Crippen molar-refractivity contribution >= 4 is 29.9 Å². The molecule has 0 aromatic heterocycles. The van der Waals surface area contributed by atoms with Crippen molar-refractivity contribution in [1.29, 1.82) is 0 Å². The number of nitrogens with one attached hydrogen (secondary N) is 2. The van der Waals surface area contributed by atoms with Gasteiger partial charge in [0.25, 0.3) is 0 Å². The predicted octanol–water partition coefficient (Wildman–Crippen LogP) is 2.49. The van der Waals surface area contributed by atoms with E-state index in [0.29, 0.717) is 0 Å². The Balaban J connectivity index is 0.000001000. The van der Waals surface area contributed by atoms with Crippen LogP contribution in [0.25, 0.3) is 0 Å². The average molecular weight is 193 g/mol. The summed E-state index contributed by atoms with van der Waals surface area (Å²) in [7, 11) is 0. The van der Waals surface area contributed by atoms with Gasteiger partial charge in [0, 0.05) is 5.69 Å². The third-order valence-electron chi connectivity index (χ3n) is 1.24. The molecule has 11 heavy (non-hydrogen) atoms. The van der Waals surface area contributed by atoms with Crippen LogP contribution in [0.15, 0.2) is 24.3 Å². The lowest BCUT2D eigenvalue weighted by Crippen LogP contribution is -2.07. The summed E-state index contributed by atoms with van der Waals surface area (Å²) >= 11 is 5.21. The number of aryl methyl sites for hydroxylation is 1. The van der Waals surface area contributed by atoms with Crippen LogP contribution in [0.2, 0.25) is 0 Å². The van der Waals surface area contributed by atoms with Crippen molar-refractivity contribution in [3.63, 3.8) is 0 Å². The third kappa shape index (κ3) is 3.46. The van der Waals surface area contributed by atoms with E-state index in [4.69, 9.17) is 11.8 Å². The smallest absolute Gasteiger partial charge is 0.0500 e. The molecule has 0 unspecified atom stereocenters.